The molecule has 0 amide bonds. The van der Waals surface area contributed by atoms with E-state index in [0.29, 0.717) is 19.3 Å². The Kier molecular flexibility index (Phi) is 4.74. The lowest BCUT2D eigenvalue weighted by molar-refractivity contribution is -0.119. The highest BCUT2D eigenvalue weighted by atomic mass is 32.2. The first-order valence-electron chi connectivity index (χ1n) is 4.58. The van der Waals surface area contributed by atoms with Crippen molar-refractivity contribution in [2.24, 2.45) is 5.73 Å². The number of Topliss-reactive ketones (excluding diaryl/α,β-unsaturated/α-hetero) is 1. The van der Waals surface area contributed by atoms with Gasteiger partial charge in [0.25, 0.3) is 0 Å². The monoisotopic (exact) mass is 221 g/mol. The van der Waals surface area contributed by atoms with Crippen molar-refractivity contribution < 1.29 is 13.2 Å². The lowest BCUT2D eigenvalue weighted by Crippen LogP contribution is -2.34. The summed E-state index contributed by atoms with van der Waals surface area (Å²) in [5, 5.41) is 0. The van der Waals surface area contributed by atoms with E-state index in [9.17, 15) is 13.2 Å². The first-order chi connectivity index (χ1) is 6.10. The van der Waals surface area contributed by atoms with E-state index in [-0.39, 0.29) is 11.5 Å². The van der Waals surface area contributed by atoms with Crippen LogP contribution in [0.5, 0.6) is 0 Å². The maximum atomic E-state index is 11.3. The Balaban J connectivity index is 3.77. The van der Waals surface area contributed by atoms with Crippen molar-refractivity contribution in [3.05, 3.63) is 0 Å². The molecule has 4 nitrogen and oxygen atoms in total. The summed E-state index contributed by atoms with van der Waals surface area (Å²) in [4.78, 5) is 11.3. The number of carbonyl (C=O) groups is 1. The molecule has 0 aromatic carbocycles. The molecule has 2 N–H and O–H groups in total. The molecule has 0 radical (unpaired) electrons. The van der Waals surface area contributed by atoms with Gasteiger partial charge in [-0.3, -0.25) is 4.79 Å². The highest BCUT2D eigenvalue weighted by molar-refractivity contribution is 7.90. The summed E-state index contributed by atoms with van der Waals surface area (Å²) in [5.41, 5.74) is 5.16. The third-order valence-corrected chi connectivity index (χ3v) is 2.65. The predicted molar refractivity (Wildman–Crippen MR) is 56.8 cm³/mol. The van der Waals surface area contributed by atoms with Gasteiger partial charge in [0, 0.05) is 24.6 Å². The molecule has 0 aliphatic carbocycles. The molecule has 0 spiro atoms. The number of rotatable bonds is 6. The molecule has 0 rings (SSSR count). The molecule has 0 unspecified atom stereocenters. The predicted octanol–water partition coefficient (Wildman–Crippen LogP) is 0.508. The van der Waals surface area contributed by atoms with E-state index < -0.39 is 15.4 Å². The van der Waals surface area contributed by atoms with Crippen LogP contribution >= 0.6 is 0 Å². The first-order valence-corrected chi connectivity index (χ1v) is 6.64. The molecule has 0 saturated heterocycles. The van der Waals surface area contributed by atoms with Gasteiger partial charge < -0.3 is 5.73 Å². The molecule has 84 valence electrons. The van der Waals surface area contributed by atoms with Gasteiger partial charge in [-0.15, -0.1) is 0 Å². The van der Waals surface area contributed by atoms with Gasteiger partial charge in [0.15, 0.2) is 0 Å². The van der Waals surface area contributed by atoms with Crippen molar-refractivity contribution in [2.45, 2.75) is 38.6 Å². The Hall–Kier alpha value is -0.420. The number of ketones is 1. The summed E-state index contributed by atoms with van der Waals surface area (Å²) in [6, 6.07) is 0. The zero-order valence-electron chi connectivity index (χ0n) is 9.04. The number of hydrogen-bond acceptors (Lipinski definition) is 4. The standard InChI is InChI=1S/C9H19NO3S/c1-9(2,10)7-8(11)5-4-6-14(3,12)13/h4-7,10H2,1-3H3. The van der Waals surface area contributed by atoms with Crippen molar-refractivity contribution in [1.29, 1.82) is 0 Å². The maximum Gasteiger partial charge on any atom is 0.147 e. The van der Waals surface area contributed by atoms with Gasteiger partial charge in [-0.2, -0.15) is 0 Å². The van der Waals surface area contributed by atoms with Crippen LogP contribution in [0.1, 0.15) is 33.1 Å². The van der Waals surface area contributed by atoms with Crippen LogP contribution < -0.4 is 5.73 Å². The largest absolute Gasteiger partial charge is 0.325 e. The fourth-order valence-corrected chi connectivity index (χ4v) is 1.80. The third-order valence-electron chi connectivity index (χ3n) is 1.62. The molecule has 0 saturated carbocycles. The normalized spacial score (nSPS) is 12.9. The SMILES string of the molecule is CC(C)(N)CC(=O)CCCS(C)(=O)=O. The molecule has 5 heteroatoms. The molecule has 0 aliphatic rings. The van der Waals surface area contributed by atoms with E-state index in [4.69, 9.17) is 5.73 Å². The molecule has 0 aromatic rings. The first kappa shape index (κ1) is 13.6. The summed E-state index contributed by atoms with van der Waals surface area (Å²) < 4.78 is 21.5. The van der Waals surface area contributed by atoms with Gasteiger partial charge >= 0.3 is 0 Å². The number of nitrogens with two attached hydrogens (primary N) is 1. The highest BCUT2D eigenvalue weighted by Crippen LogP contribution is 2.07. The lowest BCUT2D eigenvalue weighted by atomic mass is 9.97. The van der Waals surface area contributed by atoms with Crippen LogP contribution in [0.15, 0.2) is 0 Å². The molecule has 0 aromatic heterocycles. The zero-order valence-corrected chi connectivity index (χ0v) is 9.86. The van der Waals surface area contributed by atoms with E-state index in [1.807, 2.05) is 0 Å². The lowest BCUT2D eigenvalue weighted by Gasteiger charge is -2.16. The quantitative estimate of drug-likeness (QED) is 0.709. The molecule has 0 aliphatic heterocycles. The summed E-state index contributed by atoms with van der Waals surface area (Å²) in [5.74, 6) is 0.102. The molecular weight excluding hydrogens is 202 g/mol. The Morgan fingerprint density at radius 2 is 1.86 bits per heavy atom. The van der Waals surface area contributed by atoms with E-state index >= 15 is 0 Å². The Bertz CT molecular complexity index is 288. The minimum atomic E-state index is -2.95. The molecular formula is C9H19NO3S. The van der Waals surface area contributed by atoms with Crippen LogP contribution in [0.2, 0.25) is 0 Å². The smallest absolute Gasteiger partial charge is 0.147 e. The van der Waals surface area contributed by atoms with Crippen LogP contribution in [0.25, 0.3) is 0 Å². The Morgan fingerprint density at radius 1 is 1.36 bits per heavy atom. The molecule has 0 atom stereocenters. The van der Waals surface area contributed by atoms with Gasteiger partial charge in [0.2, 0.25) is 0 Å². The van der Waals surface area contributed by atoms with Crippen molar-refractivity contribution in [3.8, 4) is 0 Å². The van der Waals surface area contributed by atoms with E-state index in [0.717, 1.165) is 0 Å². The molecule has 0 heterocycles. The van der Waals surface area contributed by atoms with Gasteiger partial charge in [-0.25, -0.2) is 8.42 Å². The van der Waals surface area contributed by atoms with Crippen LogP contribution in [0.4, 0.5) is 0 Å². The van der Waals surface area contributed by atoms with Crippen LogP contribution in [0, 0.1) is 0 Å². The highest BCUT2D eigenvalue weighted by Gasteiger charge is 2.16. The average molecular weight is 221 g/mol. The van der Waals surface area contributed by atoms with Gasteiger partial charge in [0.05, 0.1) is 5.75 Å². The van der Waals surface area contributed by atoms with Crippen molar-refractivity contribution in [1.82, 2.24) is 0 Å². The average Bonchev–Trinajstić information content (AvgIpc) is 1.78. The summed E-state index contributed by atoms with van der Waals surface area (Å²) in [6.07, 6.45) is 2.17. The van der Waals surface area contributed by atoms with Crippen molar-refractivity contribution >= 4 is 15.6 Å². The van der Waals surface area contributed by atoms with Gasteiger partial charge in [-0.05, 0) is 20.3 Å². The van der Waals surface area contributed by atoms with Gasteiger partial charge in [0.1, 0.15) is 15.6 Å². The minimum absolute atomic E-state index is 0.0288. The Morgan fingerprint density at radius 3 is 2.21 bits per heavy atom. The fourth-order valence-electron chi connectivity index (χ4n) is 1.13. The summed E-state index contributed by atoms with van der Waals surface area (Å²) >= 11 is 0. The topological polar surface area (TPSA) is 77.2 Å². The number of hydrogen-bond donors (Lipinski definition) is 1. The second kappa shape index (κ2) is 4.89. The summed E-state index contributed by atoms with van der Waals surface area (Å²) in [7, 11) is -2.95. The molecule has 0 bridgehead atoms. The van der Waals surface area contributed by atoms with Crippen molar-refractivity contribution in [3.63, 3.8) is 0 Å². The molecule has 14 heavy (non-hydrogen) atoms. The second-order valence-electron chi connectivity index (χ2n) is 4.44. The Labute approximate surface area is 85.8 Å². The summed E-state index contributed by atoms with van der Waals surface area (Å²) in [6.45, 7) is 3.56. The van der Waals surface area contributed by atoms with E-state index in [1.165, 1.54) is 6.26 Å². The fraction of sp³-hybridized carbons (Fsp3) is 0.889. The maximum absolute atomic E-state index is 11.3. The number of carbonyl (C=O) groups excluding carboxylic acids is 1. The van der Waals surface area contributed by atoms with Crippen LogP contribution in [-0.4, -0.2) is 31.7 Å². The van der Waals surface area contributed by atoms with Crippen molar-refractivity contribution in [2.75, 3.05) is 12.0 Å². The van der Waals surface area contributed by atoms with Gasteiger partial charge in [-0.1, -0.05) is 0 Å². The minimum Gasteiger partial charge on any atom is -0.325 e. The molecule has 0 fully saturated rings. The van der Waals surface area contributed by atoms with E-state index in [1.54, 1.807) is 13.8 Å². The number of sulfone groups is 1. The second-order valence-corrected chi connectivity index (χ2v) is 6.70. The van der Waals surface area contributed by atoms with Crippen LogP contribution in [0.3, 0.4) is 0 Å². The van der Waals surface area contributed by atoms with E-state index in [2.05, 4.69) is 0 Å². The van der Waals surface area contributed by atoms with Crippen LogP contribution in [-0.2, 0) is 14.6 Å². The third kappa shape index (κ3) is 9.67. The zero-order chi connectivity index (χ0) is 11.4.